The number of rotatable bonds is 5. The fourth-order valence-electron chi connectivity index (χ4n) is 6.16. The zero-order chi connectivity index (χ0) is 30.9. The SMILES string of the molecule is CC1(C)Cc2c(-c3nn(Cc4nc5cccc(-c6cccnc6)c5c(=O)n4-n4cccc4)c4ncnc(N)c34)ccc(O)c2O1. The highest BCUT2D eigenvalue weighted by atomic mass is 16.5. The Bertz CT molecular complexity index is 2320. The summed E-state index contributed by atoms with van der Waals surface area (Å²) in [5.41, 5.74) is 10.4. The Hall–Kier alpha value is -6.04. The molecule has 3 N–H and O–H groups in total. The lowest BCUT2D eigenvalue weighted by Gasteiger charge is -2.16. The molecule has 0 atom stereocenters. The number of nitrogens with zero attached hydrogens (tertiary/aromatic N) is 8. The minimum atomic E-state index is -0.507. The van der Waals surface area contributed by atoms with Crippen LogP contribution in [0.5, 0.6) is 11.5 Å². The third-order valence-corrected chi connectivity index (χ3v) is 8.06. The summed E-state index contributed by atoms with van der Waals surface area (Å²) in [5.74, 6) is 1.18. The van der Waals surface area contributed by atoms with Gasteiger partial charge < -0.3 is 15.6 Å². The topological polar surface area (TPSA) is 152 Å². The van der Waals surface area contributed by atoms with Crippen molar-refractivity contribution in [2.24, 2.45) is 0 Å². The van der Waals surface area contributed by atoms with Crippen LogP contribution >= 0.6 is 0 Å². The van der Waals surface area contributed by atoms with Gasteiger partial charge in [0, 0.05) is 47.9 Å². The van der Waals surface area contributed by atoms with Crippen LogP contribution < -0.4 is 16.0 Å². The molecule has 0 saturated carbocycles. The van der Waals surface area contributed by atoms with E-state index in [1.165, 1.54) is 11.0 Å². The highest BCUT2D eigenvalue weighted by molar-refractivity contribution is 5.99. The molecule has 0 spiro atoms. The molecule has 1 aliphatic heterocycles. The molecule has 8 rings (SSSR count). The number of phenols is 1. The van der Waals surface area contributed by atoms with Gasteiger partial charge in [-0.05, 0) is 55.8 Å². The van der Waals surface area contributed by atoms with Crippen LogP contribution in [-0.2, 0) is 13.0 Å². The largest absolute Gasteiger partial charge is 0.504 e. The summed E-state index contributed by atoms with van der Waals surface area (Å²) in [6.07, 6.45) is 8.96. The van der Waals surface area contributed by atoms with Gasteiger partial charge in [-0.2, -0.15) is 9.77 Å². The zero-order valence-corrected chi connectivity index (χ0v) is 24.4. The summed E-state index contributed by atoms with van der Waals surface area (Å²) in [7, 11) is 0. The molecule has 0 fully saturated rings. The standard InChI is InChI=1S/C33H27N9O3/c1-33(2)15-22-21(10-11-24(43)29(22)45-33)28-27-30(34)36-18-37-31(27)41(39-28)17-25-38-23-9-5-8-20(19-7-6-12-35-16-19)26(23)32(44)42(25)40-13-3-4-14-40/h3-14,16,18,43H,15,17H2,1-2H3,(H2,34,36,37). The van der Waals surface area contributed by atoms with Crippen molar-refractivity contribution in [3.63, 3.8) is 0 Å². The van der Waals surface area contributed by atoms with Crippen LogP contribution in [-0.4, -0.2) is 49.8 Å². The molecule has 222 valence electrons. The van der Waals surface area contributed by atoms with Gasteiger partial charge in [0.1, 0.15) is 30.0 Å². The highest BCUT2D eigenvalue weighted by Gasteiger charge is 2.35. The molecule has 7 aromatic rings. The number of benzene rings is 2. The molecule has 0 unspecified atom stereocenters. The third kappa shape index (κ3) is 4.21. The van der Waals surface area contributed by atoms with Crippen molar-refractivity contribution in [2.45, 2.75) is 32.4 Å². The summed E-state index contributed by atoms with van der Waals surface area (Å²) in [6, 6.07) is 16.5. The molecule has 5 aromatic heterocycles. The molecule has 0 aliphatic carbocycles. The van der Waals surface area contributed by atoms with E-state index in [9.17, 15) is 9.90 Å². The maximum absolute atomic E-state index is 14.4. The third-order valence-electron chi connectivity index (χ3n) is 8.06. The zero-order valence-electron chi connectivity index (χ0n) is 24.4. The summed E-state index contributed by atoms with van der Waals surface area (Å²) >= 11 is 0. The second kappa shape index (κ2) is 9.74. The summed E-state index contributed by atoms with van der Waals surface area (Å²) in [6.45, 7) is 4.03. The maximum Gasteiger partial charge on any atom is 0.281 e. The van der Waals surface area contributed by atoms with Crippen LogP contribution in [0.2, 0.25) is 0 Å². The molecular weight excluding hydrogens is 570 g/mol. The molecule has 12 heteroatoms. The smallest absolute Gasteiger partial charge is 0.281 e. The minimum absolute atomic E-state index is 0.0639. The number of nitrogens with two attached hydrogens (primary N) is 1. The Labute approximate surface area is 256 Å². The first-order chi connectivity index (χ1) is 21.8. The Morgan fingerprint density at radius 1 is 1.00 bits per heavy atom. The Morgan fingerprint density at radius 2 is 1.84 bits per heavy atom. The van der Waals surface area contributed by atoms with Crippen molar-refractivity contribution in [1.82, 2.24) is 39.1 Å². The van der Waals surface area contributed by atoms with Crippen molar-refractivity contribution < 1.29 is 9.84 Å². The van der Waals surface area contributed by atoms with Crippen LogP contribution in [0.25, 0.3) is 44.3 Å². The fraction of sp³-hybridized carbons (Fsp3) is 0.152. The van der Waals surface area contributed by atoms with Gasteiger partial charge in [0.05, 0.1) is 16.3 Å². The first kappa shape index (κ1) is 26.6. The molecule has 12 nitrogen and oxygen atoms in total. The second-order valence-electron chi connectivity index (χ2n) is 11.6. The highest BCUT2D eigenvalue weighted by Crippen LogP contribution is 2.47. The first-order valence-corrected chi connectivity index (χ1v) is 14.4. The quantitative estimate of drug-likeness (QED) is 0.294. The summed E-state index contributed by atoms with van der Waals surface area (Å²) in [5, 5.41) is 16.6. The van der Waals surface area contributed by atoms with Gasteiger partial charge in [-0.25, -0.2) is 19.6 Å². The number of hydrogen-bond donors (Lipinski definition) is 2. The molecule has 2 aromatic carbocycles. The predicted octanol–water partition coefficient (Wildman–Crippen LogP) is 4.43. The van der Waals surface area contributed by atoms with E-state index in [4.69, 9.17) is 20.6 Å². The lowest BCUT2D eigenvalue weighted by Crippen LogP contribution is -2.31. The van der Waals surface area contributed by atoms with Gasteiger partial charge in [-0.15, -0.1) is 0 Å². The molecular formula is C33H27N9O3. The average molecular weight is 598 g/mol. The van der Waals surface area contributed by atoms with Crippen LogP contribution in [0, 0.1) is 0 Å². The van der Waals surface area contributed by atoms with Gasteiger partial charge in [0.2, 0.25) is 0 Å². The molecule has 6 heterocycles. The van der Waals surface area contributed by atoms with Gasteiger partial charge in [0.25, 0.3) is 5.56 Å². The number of nitrogen functional groups attached to an aromatic ring is 1. The normalized spacial score (nSPS) is 13.7. The van der Waals surface area contributed by atoms with Gasteiger partial charge in [0.15, 0.2) is 23.0 Å². The lowest BCUT2D eigenvalue weighted by atomic mass is 9.95. The van der Waals surface area contributed by atoms with Crippen molar-refractivity contribution in [3.05, 3.63) is 107 Å². The monoisotopic (exact) mass is 597 g/mol. The number of aromatic hydroxyl groups is 1. The van der Waals surface area contributed by atoms with Gasteiger partial charge >= 0.3 is 0 Å². The molecule has 1 aliphatic rings. The van der Waals surface area contributed by atoms with E-state index in [-0.39, 0.29) is 23.7 Å². The van der Waals surface area contributed by atoms with E-state index in [1.807, 2.05) is 62.4 Å². The van der Waals surface area contributed by atoms with Crippen LogP contribution in [0.4, 0.5) is 5.82 Å². The average Bonchev–Trinajstić information content (AvgIpc) is 3.76. The van der Waals surface area contributed by atoms with Crippen molar-refractivity contribution in [1.29, 1.82) is 0 Å². The Balaban J connectivity index is 1.35. The van der Waals surface area contributed by atoms with E-state index < -0.39 is 5.60 Å². The molecule has 0 bridgehead atoms. The van der Waals surface area contributed by atoms with Crippen LogP contribution in [0.3, 0.4) is 0 Å². The van der Waals surface area contributed by atoms with E-state index in [2.05, 4.69) is 15.0 Å². The number of fused-ring (bicyclic) bond motifs is 3. The van der Waals surface area contributed by atoms with Crippen LogP contribution in [0.1, 0.15) is 25.2 Å². The Kier molecular flexibility index (Phi) is 5.75. The van der Waals surface area contributed by atoms with Crippen molar-refractivity contribution in [3.8, 4) is 33.9 Å². The summed E-state index contributed by atoms with van der Waals surface area (Å²) in [4.78, 5) is 32.4. The van der Waals surface area contributed by atoms with Crippen molar-refractivity contribution >= 4 is 27.8 Å². The summed E-state index contributed by atoms with van der Waals surface area (Å²) < 4.78 is 11.0. The number of hydrogen-bond acceptors (Lipinski definition) is 9. The second-order valence-corrected chi connectivity index (χ2v) is 11.6. The molecule has 0 radical (unpaired) electrons. The van der Waals surface area contributed by atoms with E-state index >= 15 is 0 Å². The number of aromatic nitrogens is 8. The van der Waals surface area contributed by atoms with Crippen LogP contribution in [0.15, 0.2) is 90.5 Å². The van der Waals surface area contributed by atoms with Gasteiger partial charge in [-0.1, -0.05) is 18.2 Å². The molecule has 0 saturated heterocycles. The van der Waals surface area contributed by atoms with Crippen molar-refractivity contribution in [2.75, 3.05) is 5.73 Å². The first-order valence-electron chi connectivity index (χ1n) is 14.4. The number of anilines is 1. The maximum atomic E-state index is 14.4. The van der Waals surface area contributed by atoms with E-state index in [0.29, 0.717) is 45.6 Å². The fourth-order valence-corrected chi connectivity index (χ4v) is 6.16. The van der Waals surface area contributed by atoms with E-state index in [0.717, 1.165) is 22.3 Å². The van der Waals surface area contributed by atoms with Gasteiger partial charge in [-0.3, -0.25) is 14.5 Å². The number of phenolic OH excluding ortho intramolecular Hbond substituents is 1. The Morgan fingerprint density at radius 3 is 2.64 bits per heavy atom. The predicted molar refractivity (Wildman–Crippen MR) is 169 cm³/mol. The number of ether oxygens (including phenoxy) is 1. The number of pyridine rings is 1. The molecule has 0 amide bonds. The lowest BCUT2D eigenvalue weighted by molar-refractivity contribution is 0.134. The van der Waals surface area contributed by atoms with E-state index in [1.54, 1.807) is 40.2 Å². The minimum Gasteiger partial charge on any atom is -0.504 e. The molecule has 45 heavy (non-hydrogen) atoms.